The molecule has 0 atom stereocenters. The van der Waals surface area contributed by atoms with Gasteiger partial charge >= 0.3 is 0 Å². The molecule has 1 aliphatic heterocycles. The Kier molecular flexibility index (Phi) is 3.44. The zero-order valence-corrected chi connectivity index (χ0v) is 9.64. The molecule has 2 rings (SSSR count). The van der Waals surface area contributed by atoms with E-state index in [-0.39, 0.29) is 31.4 Å². The smallest absolute Gasteiger partial charge is 0.246 e. The maximum absolute atomic E-state index is 11.8. The van der Waals surface area contributed by atoms with Crippen LogP contribution in [0, 0.1) is 11.3 Å². The number of benzene rings is 1. The Balaban J connectivity index is 2.15. The lowest BCUT2D eigenvalue weighted by molar-refractivity contribution is -0.123. The molecule has 0 fully saturated rings. The first kappa shape index (κ1) is 11.9. The molecule has 0 saturated carbocycles. The van der Waals surface area contributed by atoms with Gasteiger partial charge in [0.25, 0.3) is 0 Å². The van der Waals surface area contributed by atoms with Gasteiger partial charge in [-0.15, -0.1) is 0 Å². The molecule has 1 heterocycles. The number of fused-ring (bicyclic) bond motifs is 1. The summed E-state index contributed by atoms with van der Waals surface area (Å²) in [6, 6.07) is 9.10. The number of hydrogen-bond acceptors (Lipinski definition) is 4. The zero-order valence-electron chi connectivity index (χ0n) is 9.64. The number of nitrogens with one attached hydrogen (secondary N) is 2. The summed E-state index contributed by atoms with van der Waals surface area (Å²) in [5.74, 6) is -0.512. The summed E-state index contributed by atoms with van der Waals surface area (Å²) in [6.07, 6.45) is 0. The van der Waals surface area contributed by atoms with E-state index in [4.69, 9.17) is 5.26 Å². The molecule has 0 radical (unpaired) electrons. The van der Waals surface area contributed by atoms with Gasteiger partial charge in [0, 0.05) is 0 Å². The number of rotatable bonds is 3. The summed E-state index contributed by atoms with van der Waals surface area (Å²) in [7, 11) is 0. The van der Waals surface area contributed by atoms with Crippen molar-refractivity contribution in [2.24, 2.45) is 0 Å². The molecule has 0 spiro atoms. The average molecular weight is 244 g/mol. The van der Waals surface area contributed by atoms with Crippen molar-refractivity contribution in [1.82, 2.24) is 5.32 Å². The first-order valence-electron chi connectivity index (χ1n) is 5.49. The van der Waals surface area contributed by atoms with Gasteiger partial charge in [-0.3, -0.25) is 14.5 Å². The molecule has 2 amide bonds. The third-order valence-corrected chi connectivity index (χ3v) is 2.59. The van der Waals surface area contributed by atoms with Crippen molar-refractivity contribution in [2.45, 2.75) is 0 Å². The van der Waals surface area contributed by atoms with Crippen molar-refractivity contribution in [3.8, 4) is 6.07 Å². The van der Waals surface area contributed by atoms with Crippen LogP contribution in [0.4, 0.5) is 11.4 Å². The molecule has 18 heavy (non-hydrogen) atoms. The molecular weight excluding hydrogens is 232 g/mol. The van der Waals surface area contributed by atoms with Gasteiger partial charge in [-0.2, -0.15) is 5.26 Å². The number of carbonyl (C=O) groups is 2. The number of amides is 2. The second-order valence-electron chi connectivity index (χ2n) is 3.79. The molecule has 0 saturated heterocycles. The maximum atomic E-state index is 11.8. The van der Waals surface area contributed by atoms with Crippen LogP contribution in [0.5, 0.6) is 0 Å². The Morgan fingerprint density at radius 1 is 1.50 bits per heavy atom. The van der Waals surface area contributed by atoms with Crippen LogP contribution in [0.2, 0.25) is 0 Å². The quantitative estimate of drug-likeness (QED) is 0.738. The highest BCUT2D eigenvalue weighted by Gasteiger charge is 2.25. The number of para-hydroxylation sites is 2. The Bertz CT molecular complexity index is 521. The number of carbonyl (C=O) groups excluding carboxylic acids is 2. The van der Waals surface area contributed by atoms with Crippen molar-refractivity contribution in [2.75, 3.05) is 29.9 Å². The largest absolute Gasteiger partial charge is 0.374 e. The van der Waals surface area contributed by atoms with Gasteiger partial charge < -0.3 is 10.6 Å². The molecule has 0 aliphatic carbocycles. The van der Waals surface area contributed by atoms with Gasteiger partial charge in [0.2, 0.25) is 11.8 Å². The molecular formula is C12H12N4O2. The average Bonchev–Trinajstić information content (AvgIpc) is 2.40. The minimum absolute atomic E-state index is 0.0548. The van der Waals surface area contributed by atoms with Crippen LogP contribution < -0.4 is 15.5 Å². The fraction of sp³-hybridized carbons (Fsp3) is 0.250. The Hall–Kier alpha value is -2.55. The van der Waals surface area contributed by atoms with E-state index >= 15 is 0 Å². The number of anilines is 2. The highest BCUT2D eigenvalue weighted by Crippen LogP contribution is 2.28. The standard InChI is InChI=1S/C12H12N4O2/c13-5-6-14-11(17)8-16-10-4-2-1-3-9(10)15-7-12(16)18/h1-4,15H,6-8H2,(H,14,17). The first-order valence-corrected chi connectivity index (χ1v) is 5.49. The first-order chi connectivity index (χ1) is 8.72. The van der Waals surface area contributed by atoms with Crippen LogP contribution in [-0.4, -0.2) is 31.4 Å². The number of hydrogen-bond donors (Lipinski definition) is 2. The molecule has 6 nitrogen and oxygen atoms in total. The SMILES string of the molecule is N#CCNC(=O)CN1C(=O)CNc2ccccc21. The van der Waals surface area contributed by atoms with Crippen LogP contribution in [0.15, 0.2) is 24.3 Å². The van der Waals surface area contributed by atoms with E-state index in [0.717, 1.165) is 5.69 Å². The molecule has 0 unspecified atom stereocenters. The van der Waals surface area contributed by atoms with Gasteiger partial charge in [-0.05, 0) is 12.1 Å². The van der Waals surface area contributed by atoms with Crippen LogP contribution in [0.1, 0.15) is 0 Å². The lowest BCUT2D eigenvalue weighted by atomic mass is 10.2. The fourth-order valence-corrected chi connectivity index (χ4v) is 1.77. The van der Waals surface area contributed by atoms with E-state index in [1.165, 1.54) is 4.90 Å². The highest BCUT2D eigenvalue weighted by molar-refractivity contribution is 6.05. The van der Waals surface area contributed by atoms with Gasteiger partial charge in [0.15, 0.2) is 0 Å². The molecule has 6 heteroatoms. The van der Waals surface area contributed by atoms with Crippen LogP contribution in [-0.2, 0) is 9.59 Å². The summed E-state index contributed by atoms with van der Waals surface area (Å²) in [5, 5.41) is 13.8. The third-order valence-electron chi connectivity index (χ3n) is 2.59. The van der Waals surface area contributed by atoms with Gasteiger partial charge in [-0.1, -0.05) is 12.1 Å². The Morgan fingerprint density at radius 3 is 3.06 bits per heavy atom. The summed E-state index contributed by atoms with van der Waals surface area (Å²) >= 11 is 0. The van der Waals surface area contributed by atoms with E-state index in [9.17, 15) is 9.59 Å². The van der Waals surface area contributed by atoms with E-state index in [1.807, 2.05) is 18.2 Å². The predicted molar refractivity (Wildman–Crippen MR) is 65.9 cm³/mol. The summed E-state index contributed by atoms with van der Waals surface area (Å²) in [6.45, 7) is 0.0442. The molecule has 0 bridgehead atoms. The normalized spacial score (nSPS) is 13.3. The fourth-order valence-electron chi connectivity index (χ4n) is 1.77. The summed E-state index contributed by atoms with van der Waals surface area (Å²) < 4.78 is 0. The van der Waals surface area contributed by atoms with Crippen LogP contribution in [0.3, 0.4) is 0 Å². The van der Waals surface area contributed by atoms with Crippen molar-refractivity contribution in [3.05, 3.63) is 24.3 Å². The monoisotopic (exact) mass is 244 g/mol. The molecule has 1 aromatic carbocycles. The van der Waals surface area contributed by atoms with E-state index < -0.39 is 0 Å². The van der Waals surface area contributed by atoms with Crippen molar-refractivity contribution >= 4 is 23.2 Å². The van der Waals surface area contributed by atoms with Crippen molar-refractivity contribution in [1.29, 1.82) is 5.26 Å². The van der Waals surface area contributed by atoms with Gasteiger partial charge in [-0.25, -0.2) is 0 Å². The Labute approximate surface area is 104 Å². The van der Waals surface area contributed by atoms with Crippen molar-refractivity contribution < 1.29 is 9.59 Å². The number of nitriles is 1. The minimum atomic E-state index is -0.346. The minimum Gasteiger partial charge on any atom is -0.374 e. The Morgan fingerprint density at radius 2 is 2.28 bits per heavy atom. The summed E-state index contributed by atoms with van der Waals surface area (Å²) in [5.41, 5.74) is 1.51. The summed E-state index contributed by atoms with van der Waals surface area (Å²) in [4.78, 5) is 24.7. The second-order valence-corrected chi connectivity index (χ2v) is 3.79. The topological polar surface area (TPSA) is 85.2 Å². The molecule has 0 aromatic heterocycles. The number of nitrogens with zero attached hydrogens (tertiary/aromatic N) is 2. The van der Waals surface area contributed by atoms with Gasteiger partial charge in [0.05, 0.1) is 24.0 Å². The third kappa shape index (κ3) is 2.40. The maximum Gasteiger partial charge on any atom is 0.246 e. The lowest BCUT2D eigenvalue weighted by Gasteiger charge is -2.29. The second kappa shape index (κ2) is 5.19. The molecule has 92 valence electrons. The lowest BCUT2D eigenvalue weighted by Crippen LogP contribution is -2.45. The predicted octanol–water partition coefficient (Wildman–Crippen LogP) is 0.0849. The van der Waals surface area contributed by atoms with Crippen LogP contribution in [0.25, 0.3) is 0 Å². The van der Waals surface area contributed by atoms with E-state index in [0.29, 0.717) is 5.69 Å². The van der Waals surface area contributed by atoms with Crippen molar-refractivity contribution in [3.63, 3.8) is 0 Å². The molecule has 1 aromatic rings. The highest BCUT2D eigenvalue weighted by atomic mass is 16.2. The molecule has 2 N–H and O–H groups in total. The van der Waals surface area contributed by atoms with Gasteiger partial charge in [0.1, 0.15) is 13.1 Å². The van der Waals surface area contributed by atoms with Crippen LogP contribution >= 0.6 is 0 Å². The van der Waals surface area contributed by atoms with E-state index in [1.54, 1.807) is 12.1 Å². The molecule has 1 aliphatic rings. The zero-order chi connectivity index (χ0) is 13.0. The van der Waals surface area contributed by atoms with E-state index in [2.05, 4.69) is 10.6 Å².